The van der Waals surface area contributed by atoms with Crippen molar-refractivity contribution < 1.29 is 0 Å². The monoisotopic (exact) mass is 268 g/mol. The average Bonchev–Trinajstić information content (AvgIpc) is 2.41. The number of nitrogens with one attached hydrogen (secondary N) is 1. The van der Waals surface area contributed by atoms with Crippen molar-refractivity contribution in [2.45, 2.75) is 19.9 Å². The molecule has 0 saturated heterocycles. The van der Waals surface area contributed by atoms with E-state index in [1.165, 1.54) is 5.69 Å². The average molecular weight is 268 g/mol. The third-order valence-electron chi connectivity index (χ3n) is 4.27. The number of aliphatic imine (C=N–C) groups is 1. The Kier molecular flexibility index (Phi) is 2.64. The second-order valence-corrected chi connectivity index (χ2v) is 5.50. The van der Waals surface area contributed by atoms with E-state index in [1.54, 1.807) is 0 Å². The lowest BCUT2D eigenvalue weighted by Crippen LogP contribution is -2.41. The van der Waals surface area contributed by atoms with E-state index in [-0.39, 0.29) is 6.04 Å². The van der Waals surface area contributed by atoms with Gasteiger partial charge in [0.15, 0.2) is 0 Å². The molecule has 1 atom stereocenters. The summed E-state index contributed by atoms with van der Waals surface area (Å²) < 4.78 is 0. The largest absolute Gasteiger partial charge is 0.365 e. The molecule has 1 aromatic rings. The Morgan fingerprint density at radius 1 is 1.20 bits per heavy atom. The molecule has 20 heavy (non-hydrogen) atoms. The molecule has 2 heterocycles. The lowest BCUT2D eigenvalue weighted by Gasteiger charge is -2.42. The molecule has 0 amide bonds. The molecule has 4 heteroatoms. The second-order valence-electron chi connectivity index (χ2n) is 5.50. The van der Waals surface area contributed by atoms with Crippen LogP contribution >= 0.6 is 0 Å². The van der Waals surface area contributed by atoms with Crippen molar-refractivity contribution in [1.29, 1.82) is 0 Å². The summed E-state index contributed by atoms with van der Waals surface area (Å²) in [4.78, 5) is 8.98. The molecule has 4 nitrogen and oxygen atoms in total. The number of hydrogen-bond acceptors (Lipinski definition) is 4. The first kappa shape index (κ1) is 12.8. The van der Waals surface area contributed by atoms with Gasteiger partial charge < -0.3 is 15.1 Å². The molecule has 2 aliphatic rings. The lowest BCUT2D eigenvalue weighted by molar-refractivity contribution is 0.730. The van der Waals surface area contributed by atoms with Crippen LogP contribution in [0.3, 0.4) is 0 Å². The van der Waals surface area contributed by atoms with Crippen molar-refractivity contribution >= 4 is 28.6 Å². The zero-order valence-electron chi connectivity index (χ0n) is 12.5. The van der Waals surface area contributed by atoms with E-state index in [9.17, 15) is 0 Å². The van der Waals surface area contributed by atoms with E-state index in [1.807, 2.05) is 6.92 Å². The van der Waals surface area contributed by atoms with Crippen LogP contribution in [0.25, 0.3) is 5.70 Å². The van der Waals surface area contributed by atoms with E-state index in [2.05, 4.69) is 66.4 Å². The highest BCUT2D eigenvalue weighted by molar-refractivity contribution is 5.99. The van der Waals surface area contributed by atoms with E-state index < -0.39 is 0 Å². The van der Waals surface area contributed by atoms with Crippen LogP contribution in [-0.4, -0.2) is 26.0 Å². The number of anilines is 2. The number of benzene rings is 1. The molecule has 0 saturated carbocycles. The molecule has 3 rings (SSSR count). The Bertz CT molecular complexity index is 657. The molecule has 0 aliphatic carbocycles. The van der Waals surface area contributed by atoms with E-state index >= 15 is 0 Å². The Labute approximate surface area is 120 Å². The van der Waals surface area contributed by atoms with E-state index in [4.69, 9.17) is 0 Å². The van der Waals surface area contributed by atoms with Crippen molar-refractivity contribution in [2.75, 3.05) is 23.9 Å². The minimum absolute atomic E-state index is 0.278. The predicted octanol–water partition coefficient (Wildman–Crippen LogP) is 3.10. The van der Waals surface area contributed by atoms with Gasteiger partial charge in [0.05, 0.1) is 23.1 Å². The third kappa shape index (κ3) is 1.64. The summed E-state index contributed by atoms with van der Waals surface area (Å²) in [5.74, 6) is 0.881. The molecule has 0 bridgehead atoms. The highest BCUT2D eigenvalue weighted by Crippen LogP contribution is 2.43. The van der Waals surface area contributed by atoms with Crippen LogP contribution in [0.4, 0.5) is 17.1 Å². The van der Waals surface area contributed by atoms with Crippen molar-refractivity contribution in [3.05, 3.63) is 36.6 Å². The van der Waals surface area contributed by atoms with Gasteiger partial charge in [0.25, 0.3) is 0 Å². The van der Waals surface area contributed by atoms with Gasteiger partial charge in [-0.05, 0) is 26.0 Å². The lowest BCUT2D eigenvalue weighted by atomic mass is 10.0. The summed E-state index contributed by atoms with van der Waals surface area (Å²) in [6.45, 7) is 12.4. The summed E-state index contributed by atoms with van der Waals surface area (Å²) in [6.07, 6.45) is 0. The normalized spacial score (nSPS) is 21.2. The second kappa shape index (κ2) is 4.13. The number of amidine groups is 1. The van der Waals surface area contributed by atoms with Gasteiger partial charge in [-0.25, -0.2) is 4.99 Å². The summed E-state index contributed by atoms with van der Waals surface area (Å²) >= 11 is 0. The maximum Gasteiger partial charge on any atom is 0.103 e. The number of likely N-dealkylation sites (N-methyl/N-ethyl adjacent to an activating group) is 2. The molecule has 0 radical (unpaired) electrons. The summed E-state index contributed by atoms with van der Waals surface area (Å²) in [7, 11) is 4.16. The van der Waals surface area contributed by atoms with Crippen molar-refractivity contribution in [3.8, 4) is 0 Å². The molecule has 0 spiro atoms. The SMILES string of the molecule is C=C1NC(C)=Nc2cc3c(cc21)N(C)C(=C)C(C)N3C. The highest BCUT2D eigenvalue weighted by Gasteiger charge is 2.29. The van der Waals surface area contributed by atoms with Gasteiger partial charge in [-0.2, -0.15) is 0 Å². The van der Waals surface area contributed by atoms with Crippen LogP contribution in [0, 0.1) is 0 Å². The summed E-state index contributed by atoms with van der Waals surface area (Å²) in [5.41, 5.74) is 6.34. The Hall–Kier alpha value is -2.23. The zero-order chi connectivity index (χ0) is 14.6. The van der Waals surface area contributed by atoms with Gasteiger partial charge in [0.2, 0.25) is 0 Å². The van der Waals surface area contributed by atoms with Crippen LogP contribution in [0.2, 0.25) is 0 Å². The molecule has 0 aromatic heterocycles. The summed E-state index contributed by atoms with van der Waals surface area (Å²) in [6, 6.07) is 4.56. The minimum Gasteiger partial charge on any atom is -0.365 e. The third-order valence-corrected chi connectivity index (χ3v) is 4.27. The summed E-state index contributed by atoms with van der Waals surface area (Å²) in [5, 5.41) is 3.19. The van der Waals surface area contributed by atoms with Crippen molar-refractivity contribution in [3.63, 3.8) is 0 Å². The highest BCUT2D eigenvalue weighted by atomic mass is 15.3. The molecule has 0 fully saturated rings. The first-order valence-corrected chi connectivity index (χ1v) is 6.75. The maximum atomic E-state index is 4.58. The zero-order valence-corrected chi connectivity index (χ0v) is 12.5. The Balaban J connectivity index is 2.24. The first-order chi connectivity index (χ1) is 9.40. The standard InChI is InChI=1S/C16H20N4/c1-9-13-7-15-16(8-14(13)18-12(4)17-9)20(6)11(3)10(2)19(15)5/h7-8,11H,1-2H2,3-6H3,(H,17,18). The van der Waals surface area contributed by atoms with Crippen molar-refractivity contribution in [1.82, 2.24) is 5.32 Å². The molecule has 1 aromatic carbocycles. The van der Waals surface area contributed by atoms with Gasteiger partial charge in [-0.15, -0.1) is 0 Å². The number of fused-ring (bicyclic) bond motifs is 2. The number of rotatable bonds is 0. The van der Waals surface area contributed by atoms with E-state index in [0.717, 1.165) is 34.2 Å². The van der Waals surface area contributed by atoms with Gasteiger partial charge in [-0.3, -0.25) is 0 Å². The van der Waals surface area contributed by atoms with Gasteiger partial charge in [0.1, 0.15) is 5.84 Å². The Morgan fingerprint density at radius 2 is 1.90 bits per heavy atom. The van der Waals surface area contributed by atoms with Crippen LogP contribution < -0.4 is 15.1 Å². The first-order valence-electron chi connectivity index (χ1n) is 6.75. The van der Waals surface area contributed by atoms with E-state index in [0.29, 0.717) is 0 Å². The van der Waals surface area contributed by atoms with Gasteiger partial charge in [-0.1, -0.05) is 13.2 Å². The quantitative estimate of drug-likeness (QED) is 0.784. The predicted molar refractivity (Wildman–Crippen MR) is 86.8 cm³/mol. The van der Waals surface area contributed by atoms with Crippen LogP contribution in [-0.2, 0) is 0 Å². The number of hydrogen-bond donors (Lipinski definition) is 1. The van der Waals surface area contributed by atoms with Crippen LogP contribution in [0.15, 0.2) is 36.0 Å². The van der Waals surface area contributed by atoms with Crippen LogP contribution in [0.1, 0.15) is 19.4 Å². The number of nitrogens with zero attached hydrogens (tertiary/aromatic N) is 3. The van der Waals surface area contributed by atoms with Crippen LogP contribution in [0.5, 0.6) is 0 Å². The fourth-order valence-corrected chi connectivity index (χ4v) is 2.81. The maximum absolute atomic E-state index is 4.58. The molecule has 104 valence electrons. The molecular formula is C16H20N4. The van der Waals surface area contributed by atoms with Crippen molar-refractivity contribution in [2.24, 2.45) is 4.99 Å². The topological polar surface area (TPSA) is 30.9 Å². The fourth-order valence-electron chi connectivity index (χ4n) is 2.81. The molecule has 1 N–H and O–H groups in total. The van der Waals surface area contributed by atoms with Gasteiger partial charge in [0, 0.05) is 31.1 Å². The molecular weight excluding hydrogens is 248 g/mol. The molecule has 1 unspecified atom stereocenters. The minimum atomic E-state index is 0.278. The Morgan fingerprint density at radius 3 is 2.60 bits per heavy atom. The van der Waals surface area contributed by atoms with Gasteiger partial charge >= 0.3 is 0 Å². The smallest absolute Gasteiger partial charge is 0.103 e. The fraction of sp³-hybridized carbons (Fsp3) is 0.312. The molecule has 2 aliphatic heterocycles.